The number of alkyl halides is 1. The van der Waals surface area contributed by atoms with Crippen LogP contribution in [0.5, 0.6) is 0 Å². The number of rotatable bonds is 10. The molecule has 0 aromatic heterocycles. The number of ether oxygens (including phenoxy) is 2. The molecular formula is C25H30IN3O2. The van der Waals surface area contributed by atoms with Gasteiger partial charge in [0.15, 0.2) is 4.17 Å². The van der Waals surface area contributed by atoms with Gasteiger partial charge in [-0.2, -0.15) is 0 Å². The Balaban J connectivity index is 1.64. The monoisotopic (exact) mass is 531 g/mol. The highest BCUT2D eigenvalue weighted by Gasteiger charge is 2.31. The predicted molar refractivity (Wildman–Crippen MR) is 133 cm³/mol. The Morgan fingerprint density at radius 3 is 2.45 bits per heavy atom. The third-order valence-corrected chi connectivity index (χ3v) is 6.50. The first-order valence-electron chi connectivity index (χ1n) is 10.9. The highest BCUT2D eigenvalue weighted by molar-refractivity contribution is 14.1. The normalized spacial score (nSPS) is 18.1. The van der Waals surface area contributed by atoms with Gasteiger partial charge in [-0.25, -0.2) is 0 Å². The van der Waals surface area contributed by atoms with E-state index < -0.39 is 0 Å². The number of benzene rings is 2. The molecule has 2 aromatic carbocycles. The van der Waals surface area contributed by atoms with Crippen LogP contribution in [0.2, 0.25) is 0 Å². The smallest absolute Gasteiger partial charge is 0.229 e. The molecule has 0 fully saturated rings. The Kier molecular flexibility index (Phi) is 7.75. The fourth-order valence-electron chi connectivity index (χ4n) is 3.96. The lowest BCUT2D eigenvalue weighted by atomic mass is 10.1. The summed E-state index contributed by atoms with van der Waals surface area (Å²) in [6.07, 6.45) is 4.10. The zero-order valence-corrected chi connectivity index (χ0v) is 20.1. The molecule has 0 bridgehead atoms. The number of unbranched alkanes of at least 4 members (excludes halogenated alkanes) is 1. The zero-order chi connectivity index (χ0) is 21.5. The summed E-state index contributed by atoms with van der Waals surface area (Å²) in [5.41, 5.74) is 5.10. The maximum Gasteiger partial charge on any atom is 0.229 e. The van der Waals surface area contributed by atoms with Gasteiger partial charge in [0.2, 0.25) is 6.79 Å². The van der Waals surface area contributed by atoms with Crippen LogP contribution in [0.15, 0.2) is 78.4 Å². The molecule has 0 amide bonds. The van der Waals surface area contributed by atoms with E-state index in [0.717, 1.165) is 25.4 Å². The molecule has 4 rings (SSSR count). The summed E-state index contributed by atoms with van der Waals surface area (Å²) in [5.74, 6) is 0.884. The quantitative estimate of drug-likeness (QED) is 0.262. The Morgan fingerprint density at radius 2 is 1.77 bits per heavy atom. The third kappa shape index (κ3) is 5.74. The highest BCUT2D eigenvalue weighted by Crippen LogP contribution is 2.31. The summed E-state index contributed by atoms with van der Waals surface area (Å²) in [5, 5.41) is 3.74. The minimum absolute atomic E-state index is 0.248. The summed E-state index contributed by atoms with van der Waals surface area (Å²) in [4.78, 5) is 4.95. The highest BCUT2D eigenvalue weighted by atomic mass is 127. The van der Waals surface area contributed by atoms with Crippen molar-refractivity contribution in [1.82, 2.24) is 15.1 Å². The van der Waals surface area contributed by atoms with Crippen molar-refractivity contribution in [3.63, 3.8) is 0 Å². The second-order valence-corrected chi connectivity index (χ2v) is 9.04. The van der Waals surface area contributed by atoms with Gasteiger partial charge in [-0.05, 0) is 40.1 Å². The average Bonchev–Trinajstić information content (AvgIpc) is 3.41. The van der Waals surface area contributed by atoms with Crippen molar-refractivity contribution in [3.05, 3.63) is 89.5 Å². The van der Waals surface area contributed by atoms with Gasteiger partial charge >= 0.3 is 0 Å². The molecule has 6 heteroatoms. The van der Waals surface area contributed by atoms with Crippen LogP contribution in [0.1, 0.15) is 30.9 Å². The Labute approximate surface area is 198 Å². The minimum atomic E-state index is 0.248. The molecular weight excluding hydrogens is 501 g/mol. The molecule has 0 radical (unpaired) electrons. The van der Waals surface area contributed by atoms with Crippen LogP contribution in [0.25, 0.3) is 5.70 Å². The molecule has 31 heavy (non-hydrogen) atoms. The van der Waals surface area contributed by atoms with E-state index in [-0.39, 0.29) is 4.17 Å². The summed E-state index contributed by atoms with van der Waals surface area (Å²) in [7, 11) is 0. The molecule has 0 aliphatic carbocycles. The van der Waals surface area contributed by atoms with E-state index in [1.54, 1.807) is 6.26 Å². The van der Waals surface area contributed by atoms with E-state index in [1.165, 1.54) is 35.4 Å². The van der Waals surface area contributed by atoms with Crippen LogP contribution >= 0.6 is 22.6 Å². The van der Waals surface area contributed by atoms with Crippen LogP contribution in [0.4, 0.5) is 0 Å². The van der Waals surface area contributed by atoms with Gasteiger partial charge in [-0.1, -0.05) is 74.0 Å². The number of hydrogen-bond donors (Lipinski definition) is 1. The maximum atomic E-state index is 5.66. The Bertz CT molecular complexity index is 901. The summed E-state index contributed by atoms with van der Waals surface area (Å²) in [6, 6.07) is 21.3. The van der Waals surface area contributed by atoms with Gasteiger partial charge in [-0.3, -0.25) is 4.90 Å². The summed E-state index contributed by atoms with van der Waals surface area (Å²) in [6.45, 7) is 6.00. The van der Waals surface area contributed by atoms with Crippen LogP contribution in [0.3, 0.4) is 0 Å². The molecule has 2 aromatic rings. The van der Waals surface area contributed by atoms with Gasteiger partial charge in [0.25, 0.3) is 0 Å². The van der Waals surface area contributed by atoms with Gasteiger partial charge in [0.1, 0.15) is 12.0 Å². The molecule has 0 spiro atoms. The fraction of sp³-hybridized carbons (Fsp3) is 0.360. The molecule has 1 N–H and O–H groups in total. The molecule has 0 saturated carbocycles. The SMILES string of the molecule is CCCCN1C(CN(CC2=COCO2)Cc2ccccc2)=C(c2ccccc2)NC1I. The Morgan fingerprint density at radius 1 is 1.03 bits per heavy atom. The van der Waals surface area contributed by atoms with Crippen molar-refractivity contribution in [2.24, 2.45) is 0 Å². The van der Waals surface area contributed by atoms with Crippen LogP contribution in [-0.2, 0) is 16.0 Å². The summed E-state index contributed by atoms with van der Waals surface area (Å²) < 4.78 is 11.2. The lowest BCUT2D eigenvalue weighted by Crippen LogP contribution is -2.37. The lowest BCUT2D eigenvalue weighted by Gasteiger charge is -2.30. The van der Waals surface area contributed by atoms with Crippen LogP contribution in [-0.4, -0.2) is 40.4 Å². The van der Waals surface area contributed by atoms with Gasteiger partial charge in [-0.15, -0.1) is 0 Å². The van der Waals surface area contributed by atoms with Crippen molar-refractivity contribution in [1.29, 1.82) is 0 Å². The lowest BCUT2D eigenvalue weighted by molar-refractivity contribution is 0.0721. The van der Waals surface area contributed by atoms with Crippen molar-refractivity contribution in [3.8, 4) is 0 Å². The van der Waals surface area contributed by atoms with Crippen LogP contribution < -0.4 is 5.32 Å². The molecule has 0 saturated heterocycles. The standard InChI is InChI=1S/C25H30IN3O2/c1-2-3-14-29-23(24(27-25(29)26)21-12-8-5-9-13-21)17-28(16-22-18-30-19-31-22)15-20-10-6-4-7-11-20/h4-13,18,25,27H,2-3,14-17,19H2,1H3. The molecule has 2 heterocycles. The van der Waals surface area contributed by atoms with E-state index >= 15 is 0 Å². The van der Waals surface area contributed by atoms with Gasteiger partial charge in [0.05, 0.1) is 17.9 Å². The maximum absolute atomic E-state index is 5.66. The van der Waals surface area contributed by atoms with Crippen LogP contribution in [0, 0.1) is 0 Å². The molecule has 1 atom stereocenters. The minimum Gasteiger partial charge on any atom is -0.462 e. The van der Waals surface area contributed by atoms with Crippen molar-refractivity contribution >= 4 is 28.3 Å². The van der Waals surface area contributed by atoms with Crippen molar-refractivity contribution in [2.45, 2.75) is 30.5 Å². The fourth-order valence-corrected chi connectivity index (χ4v) is 4.88. The number of nitrogens with one attached hydrogen (secondary N) is 1. The molecule has 164 valence electrons. The van der Waals surface area contributed by atoms with E-state index in [0.29, 0.717) is 13.3 Å². The number of halogens is 1. The largest absolute Gasteiger partial charge is 0.462 e. The van der Waals surface area contributed by atoms with E-state index in [4.69, 9.17) is 9.47 Å². The zero-order valence-electron chi connectivity index (χ0n) is 18.0. The first kappa shape index (κ1) is 22.0. The number of hydrogen-bond acceptors (Lipinski definition) is 5. The average molecular weight is 531 g/mol. The predicted octanol–water partition coefficient (Wildman–Crippen LogP) is 5.13. The second kappa shape index (κ2) is 10.9. The third-order valence-electron chi connectivity index (χ3n) is 5.52. The van der Waals surface area contributed by atoms with E-state index in [9.17, 15) is 0 Å². The number of nitrogens with zero attached hydrogens (tertiary/aromatic N) is 2. The van der Waals surface area contributed by atoms with Crippen molar-refractivity contribution < 1.29 is 9.47 Å². The first-order valence-corrected chi connectivity index (χ1v) is 12.1. The molecule has 1 unspecified atom stereocenters. The van der Waals surface area contributed by atoms with Gasteiger partial charge < -0.3 is 19.7 Å². The van der Waals surface area contributed by atoms with Gasteiger partial charge in [0, 0.05) is 19.6 Å². The molecule has 2 aliphatic heterocycles. The first-order chi connectivity index (χ1) is 15.2. The topological polar surface area (TPSA) is 37.0 Å². The Hall–Kier alpha value is -2.19. The summed E-state index contributed by atoms with van der Waals surface area (Å²) >= 11 is 2.51. The molecule has 5 nitrogen and oxygen atoms in total. The van der Waals surface area contributed by atoms with E-state index in [2.05, 4.69) is 105 Å². The molecule has 2 aliphatic rings. The van der Waals surface area contributed by atoms with Crippen molar-refractivity contribution in [2.75, 3.05) is 26.4 Å². The second-order valence-electron chi connectivity index (χ2n) is 7.86. The van der Waals surface area contributed by atoms with E-state index in [1.807, 2.05) is 0 Å².